The predicted molar refractivity (Wildman–Crippen MR) is 124 cm³/mol. The second kappa shape index (κ2) is 9.03. The molecule has 1 fully saturated rings. The van der Waals surface area contributed by atoms with Crippen molar-refractivity contribution in [3.8, 4) is 11.4 Å². The third kappa shape index (κ3) is 4.69. The number of hydrogen-bond acceptors (Lipinski definition) is 6. The van der Waals surface area contributed by atoms with E-state index in [2.05, 4.69) is 15.2 Å². The van der Waals surface area contributed by atoms with E-state index < -0.39 is 17.6 Å². The Hall–Kier alpha value is -3.92. The zero-order valence-electron chi connectivity index (χ0n) is 18.7. The Labute approximate surface area is 198 Å². The van der Waals surface area contributed by atoms with Gasteiger partial charge in [0.25, 0.3) is 5.91 Å². The molecular weight excluding hydrogens is 461 g/mol. The summed E-state index contributed by atoms with van der Waals surface area (Å²) in [5.74, 6) is 0.468. The molecule has 180 valence electrons. The van der Waals surface area contributed by atoms with Crippen molar-refractivity contribution in [1.29, 1.82) is 0 Å². The largest absolute Gasteiger partial charge is 0.459 e. The Morgan fingerprint density at radius 1 is 1.06 bits per heavy atom. The Kier molecular flexibility index (Phi) is 5.89. The van der Waals surface area contributed by atoms with E-state index in [1.165, 1.54) is 12.1 Å². The highest BCUT2D eigenvalue weighted by Crippen LogP contribution is 2.32. The van der Waals surface area contributed by atoms with Crippen molar-refractivity contribution in [2.45, 2.75) is 13.1 Å². The van der Waals surface area contributed by atoms with Crippen LogP contribution in [0.5, 0.6) is 0 Å². The van der Waals surface area contributed by atoms with Gasteiger partial charge >= 0.3 is 6.18 Å². The molecule has 0 radical (unpaired) electrons. The zero-order chi connectivity index (χ0) is 24.6. The molecule has 1 saturated heterocycles. The van der Waals surface area contributed by atoms with Crippen LogP contribution in [0.25, 0.3) is 22.5 Å². The van der Waals surface area contributed by atoms with Gasteiger partial charge in [0.2, 0.25) is 0 Å². The second-order valence-corrected chi connectivity index (χ2v) is 8.17. The third-order valence-corrected chi connectivity index (χ3v) is 5.78. The maximum atomic E-state index is 13.0. The van der Waals surface area contributed by atoms with Crippen LogP contribution in [0.4, 0.5) is 24.7 Å². The molecule has 10 heteroatoms. The van der Waals surface area contributed by atoms with Crippen molar-refractivity contribution in [2.24, 2.45) is 0 Å². The van der Waals surface area contributed by atoms with Crippen LogP contribution in [0.3, 0.4) is 0 Å². The number of amides is 1. The summed E-state index contributed by atoms with van der Waals surface area (Å²) in [6.07, 6.45) is -2.97. The van der Waals surface area contributed by atoms with Gasteiger partial charge < -0.3 is 19.4 Å². The molecule has 1 N–H and O–H groups in total. The SMILES string of the molecule is Cc1ccc(NC(=O)c2cccc(C(F)(F)F)c2)cc1-c1nc(N2CCOCC2)c2occc2n1. The van der Waals surface area contributed by atoms with Crippen LogP contribution in [0, 0.1) is 6.92 Å². The van der Waals surface area contributed by atoms with Crippen molar-refractivity contribution in [2.75, 3.05) is 36.5 Å². The number of aromatic nitrogens is 2. The number of morpholine rings is 1. The molecule has 1 aliphatic heterocycles. The van der Waals surface area contributed by atoms with Crippen LogP contribution in [-0.2, 0) is 10.9 Å². The van der Waals surface area contributed by atoms with E-state index in [0.29, 0.717) is 60.3 Å². The molecule has 2 aromatic carbocycles. The Morgan fingerprint density at radius 2 is 1.86 bits per heavy atom. The number of nitrogens with one attached hydrogen (secondary N) is 1. The predicted octanol–water partition coefficient (Wildman–Crippen LogP) is 5.31. The normalized spacial score (nSPS) is 14.3. The lowest BCUT2D eigenvalue weighted by molar-refractivity contribution is -0.137. The minimum atomic E-state index is -4.53. The molecule has 0 aliphatic carbocycles. The summed E-state index contributed by atoms with van der Waals surface area (Å²) in [4.78, 5) is 24.2. The minimum absolute atomic E-state index is 0.0902. The molecule has 35 heavy (non-hydrogen) atoms. The number of fused-ring (bicyclic) bond motifs is 1. The number of hydrogen-bond donors (Lipinski definition) is 1. The van der Waals surface area contributed by atoms with Crippen LogP contribution in [-0.4, -0.2) is 42.2 Å². The maximum absolute atomic E-state index is 13.0. The summed E-state index contributed by atoms with van der Waals surface area (Å²) >= 11 is 0. The lowest BCUT2D eigenvalue weighted by Gasteiger charge is -2.28. The number of alkyl halides is 3. The van der Waals surface area contributed by atoms with Gasteiger partial charge in [0.1, 0.15) is 5.52 Å². The van der Waals surface area contributed by atoms with E-state index in [-0.39, 0.29) is 5.56 Å². The Morgan fingerprint density at radius 3 is 2.63 bits per heavy atom. The average molecular weight is 482 g/mol. The fraction of sp³-hybridized carbons (Fsp3) is 0.240. The fourth-order valence-corrected chi connectivity index (χ4v) is 3.94. The van der Waals surface area contributed by atoms with Crippen LogP contribution in [0.1, 0.15) is 21.5 Å². The van der Waals surface area contributed by atoms with Crippen molar-refractivity contribution in [3.63, 3.8) is 0 Å². The first-order chi connectivity index (χ1) is 16.8. The van der Waals surface area contributed by atoms with Crippen LogP contribution in [0.15, 0.2) is 59.2 Å². The quantitative estimate of drug-likeness (QED) is 0.425. The van der Waals surface area contributed by atoms with E-state index in [1.54, 1.807) is 30.5 Å². The summed E-state index contributed by atoms with van der Waals surface area (Å²) in [6.45, 7) is 4.39. The van der Waals surface area contributed by atoms with E-state index >= 15 is 0 Å². The molecule has 4 aromatic rings. The monoisotopic (exact) mass is 482 g/mol. The minimum Gasteiger partial charge on any atom is -0.459 e. The Balaban J connectivity index is 1.48. The van der Waals surface area contributed by atoms with Gasteiger partial charge in [-0.1, -0.05) is 12.1 Å². The molecule has 0 spiro atoms. The summed E-state index contributed by atoms with van der Waals surface area (Å²) in [6, 6.07) is 11.3. The number of furan rings is 1. The molecule has 1 amide bonds. The third-order valence-electron chi connectivity index (χ3n) is 5.78. The highest BCUT2D eigenvalue weighted by atomic mass is 19.4. The van der Waals surface area contributed by atoms with Gasteiger partial charge in [-0.25, -0.2) is 9.97 Å². The first-order valence-electron chi connectivity index (χ1n) is 11.0. The smallest absolute Gasteiger partial charge is 0.416 e. The van der Waals surface area contributed by atoms with Gasteiger partial charge in [-0.05, 0) is 42.8 Å². The second-order valence-electron chi connectivity index (χ2n) is 8.17. The highest BCUT2D eigenvalue weighted by molar-refractivity contribution is 6.04. The number of anilines is 2. The molecule has 0 unspecified atom stereocenters. The number of halogens is 3. The molecule has 0 saturated carbocycles. The first-order valence-corrected chi connectivity index (χ1v) is 11.0. The lowest BCUT2D eigenvalue weighted by Crippen LogP contribution is -2.37. The van der Waals surface area contributed by atoms with Gasteiger partial charge in [0.05, 0.1) is 25.0 Å². The first kappa shape index (κ1) is 22.9. The van der Waals surface area contributed by atoms with Crippen LogP contribution in [0.2, 0.25) is 0 Å². The Bertz CT molecular complexity index is 1390. The van der Waals surface area contributed by atoms with Gasteiger partial charge in [0.15, 0.2) is 17.2 Å². The number of benzene rings is 2. The molecule has 7 nitrogen and oxygen atoms in total. The van der Waals surface area contributed by atoms with Crippen molar-refractivity contribution >= 4 is 28.5 Å². The molecule has 3 heterocycles. The highest BCUT2D eigenvalue weighted by Gasteiger charge is 2.31. The number of ether oxygens (including phenoxy) is 1. The number of rotatable bonds is 4. The van der Waals surface area contributed by atoms with Crippen LogP contribution >= 0.6 is 0 Å². The van der Waals surface area contributed by atoms with Gasteiger partial charge in [-0.3, -0.25) is 4.79 Å². The molecule has 1 aliphatic rings. The van der Waals surface area contributed by atoms with Gasteiger partial charge in [-0.15, -0.1) is 0 Å². The van der Waals surface area contributed by atoms with Crippen molar-refractivity contribution < 1.29 is 27.1 Å². The molecule has 0 bridgehead atoms. The molecular formula is C25H21F3N4O3. The maximum Gasteiger partial charge on any atom is 0.416 e. The van der Waals surface area contributed by atoms with E-state index in [1.807, 2.05) is 6.92 Å². The van der Waals surface area contributed by atoms with Crippen molar-refractivity contribution in [3.05, 3.63) is 71.5 Å². The fourth-order valence-electron chi connectivity index (χ4n) is 3.94. The molecule has 5 rings (SSSR count). The number of carbonyl (C=O) groups excluding carboxylic acids is 1. The van der Waals surface area contributed by atoms with Gasteiger partial charge in [-0.2, -0.15) is 13.2 Å². The van der Waals surface area contributed by atoms with Crippen molar-refractivity contribution in [1.82, 2.24) is 9.97 Å². The van der Waals surface area contributed by atoms with Crippen LogP contribution < -0.4 is 10.2 Å². The summed E-state index contributed by atoms with van der Waals surface area (Å²) in [5, 5.41) is 2.68. The summed E-state index contributed by atoms with van der Waals surface area (Å²) in [5.41, 5.74) is 2.23. The average Bonchev–Trinajstić information content (AvgIpc) is 3.33. The number of carbonyl (C=O) groups is 1. The standard InChI is InChI=1S/C25H21F3N4O3/c1-15-5-6-18(29-24(33)16-3-2-4-17(13-16)25(26,27)28)14-19(15)22-30-20-7-10-35-21(20)23(31-22)32-8-11-34-12-9-32/h2-7,10,13-14H,8-9,11-12H2,1H3,(H,29,33). The van der Waals surface area contributed by atoms with E-state index in [9.17, 15) is 18.0 Å². The summed E-state index contributed by atoms with van der Waals surface area (Å²) < 4.78 is 50.2. The zero-order valence-corrected chi connectivity index (χ0v) is 18.7. The molecule has 2 aromatic heterocycles. The number of aryl methyl sites for hydroxylation is 1. The van der Waals surface area contributed by atoms with Gasteiger partial charge in [0, 0.05) is 36.0 Å². The lowest BCUT2D eigenvalue weighted by atomic mass is 10.1. The topological polar surface area (TPSA) is 80.5 Å². The molecule has 0 atom stereocenters. The van der Waals surface area contributed by atoms with E-state index in [0.717, 1.165) is 17.7 Å². The van der Waals surface area contributed by atoms with E-state index in [4.69, 9.17) is 14.1 Å². The number of nitrogens with zero attached hydrogens (tertiary/aromatic N) is 3. The summed E-state index contributed by atoms with van der Waals surface area (Å²) in [7, 11) is 0.